The normalized spacial score (nSPS) is 11.1. The summed E-state index contributed by atoms with van der Waals surface area (Å²) in [5.74, 6) is 0.283. The molecule has 4 rings (SSSR count). The number of ether oxygens (including phenoxy) is 1. The molecule has 0 atom stereocenters. The number of aryl methyl sites for hydroxylation is 1. The Morgan fingerprint density at radius 1 is 1.09 bits per heavy atom. The van der Waals surface area contributed by atoms with Crippen LogP contribution in [0, 0.1) is 6.92 Å². The monoisotopic (exact) mass is 535 g/mol. The molecule has 0 saturated heterocycles. The van der Waals surface area contributed by atoms with Crippen LogP contribution in [0.1, 0.15) is 28.5 Å². The molecule has 5 nitrogen and oxygen atoms in total. The third kappa shape index (κ3) is 5.24. The van der Waals surface area contributed by atoms with Gasteiger partial charge in [-0.2, -0.15) is 5.10 Å². The van der Waals surface area contributed by atoms with Crippen molar-refractivity contribution in [3.8, 4) is 22.7 Å². The van der Waals surface area contributed by atoms with Crippen molar-refractivity contribution in [2.24, 2.45) is 5.10 Å². The number of amides is 1. The highest BCUT2D eigenvalue weighted by Crippen LogP contribution is 2.34. The standard InChI is InChI=1S/C27H23BrClN3O2/c1-3-34-26-23(28)15-19(16-24(26)29)17-30-31-27(33)21-10-12-22(13-11-21)32-18(2)9-14-25(32)20-7-5-4-6-8-20/h4-17H,3H2,1-2H3,(H,31,33)/b30-17+. The largest absolute Gasteiger partial charge is 0.491 e. The summed E-state index contributed by atoms with van der Waals surface area (Å²) in [6.45, 7) is 4.47. The first kappa shape index (κ1) is 23.8. The molecule has 0 radical (unpaired) electrons. The van der Waals surface area contributed by atoms with Crippen molar-refractivity contribution in [2.45, 2.75) is 13.8 Å². The lowest BCUT2D eigenvalue weighted by molar-refractivity contribution is 0.0955. The van der Waals surface area contributed by atoms with Crippen molar-refractivity contribution in [1.29, 1.82) is 0 Å². The molecule has 0 unspecified atom stereocenters. The first-order chi connectivity index (χ1) is 16.5. The van der Waals surface area contributed by atoms with Crippen LogP contribution in [0.4, 0.5) is 0 Å². The number of rotatable bonds is 7. The summed E-state index contributed by atoms with van der Waals surface area (Å²) in [6.07, 6.45) is 1.54. The fraction of sp³-hybridized carbons (Fsp3) is 0.111. The van der Waals surface area contributed by atoms with Crippen LogP contribution in [-0.2, 0) is 0 Å². The number of aromatic nitrogens is 1. The van der Waals surface area contributed by atoms with Crippen molar-refractivity contribution in [3.05, 3.63) is 105 Å². The lowest BCUT2D eigenvalue weighted by Crippen LogP contribution is -2.17. The highest BCUT2D eigenvalue weighted by Gasteiger charge is 2.11. The van der Waals surface area contributed by atoms with Crippen LogP contribution in [0.15, 0.2) is 88.4 Å². The summed E-state index contributed by atoms with van der Waals surface area (Å²) in [5.41, 5.74) is 8.13. The second kappa shape index (κ2) is 10.7. The Bertz CT molecular complexity index is 1310. The Labute approximate surface area is 212 Å². The van der Waals surface area contributed by atoms with Gasteiger partial charge in [0.25, 0.3) is 5.91 Å². The van der Waals surface area contributed by atoms with E-state index in [0.29, 0.717) is 22.9 Å². The van der Waals surface area contributed by atoms with Crippen LogP contribution >= 0.6 is 27.5 Å². The fourth-order valence-electron chi connectivity index (χ4n) is 3.64. The van der Waals surface area contributed by atoms with E-state index in [1.807, 2.05) is 43.3 Å². The van der Waals surface area contributed by atoms with E-state index in [1.54, 1.807) is 18.2 Å². The minimum atomic E-state index is -0.300. The van der Waals surface area contributed by atoms with Gasteiger partial charge >= 0.3 is 0 Å². The Balaban J connectivity index is 1.47. The number of benzene rings is 3. The maximum atomic E-state index is 12.6. The number of carbonyl (C=O) groups excluding carboxylic acids is 1. The molecule has 0 spiro atoms. The number of carbonyl (C=O) groups is 1. The molecule has 4 aromatic rings. The van der Waals surface area contributed by atoms with Gasteiger partial charge in [-0.05, 0) is 89.4 Å². The van der Waals surface area contributed by atoms with Gasteiger partial charge in [0, 0.05) is 16.9 Å². The quantitative estimate of drug-likeness (QED) is 0.204. The predicted molar refractivity (Wildman–Crippen MR) is 141 cm³/mol. The van der Waals surface area contributed by atoms with E-state index in [2.05, 4.69) is 62.2 Å². The van der Waals surface area contributed by atoms with Gasteiger partial charge in [-0.3, -0.25) is 4.79 Å². The molecule has 0 aliphatic rings. The van der Waals surface area contributed by atoms with E-state index in [9.17, 15) is 4.79 Å². The van der Waals surface area contributed by atoms with Crippen molar-refractivity contribution in [1.82, 2.24) is 9.99 Å². The van der Waals surface area contributed by atoms with Gasteiger partial charge in [0.2, 0.25) is 0 Å². The highest BCUT2D eigenvalue weighted by molar-refractivity contribution is 9.10. The second-order valence-electron chi connectivity index (χ2n) is 7.55. The summed E-state index contributed by atoms with van der Waals surface area (Å²) in [6, 6.07) is 25.4. The zero-order valence-corrected chi connectivity index (χ0v) is 21.1. The SMILES string of the molecule is CCOc1c(Cl)cc(/C=N/NC(=O)c2ccc(-n3c(C)ccc3-c3ccccc3)cc2)cc1Br. The zero-order chi connectivity index (χ0) is 24.1. The molecule has 1 amide bonds. The lowest BCUT2D eigenvalue weighted by Gasteiger charge is -2.12. The van der Waals surface area contributed by atoms with Gasteiger partial charge in [0.1, 0.15) is 0 Å². The smallest absolute Gasteiger partial charge is 0.271 e. The molecule has 1 aromatic heterocycles. The Kier molecular flexibility index (Phi) is 7.50. The van der Waals surface area contributed by atoms with E-state index in [-0.39, 0.29) is 5.91 Å². The number of hydrogen-bond acceptors (Lipinski definition) is 3. The Morgan fingerprint density at radius 3 is 2.50 bits per heavy atom. The van der Waals surface area contributed by atoms with Crippen LogP contribution in [0.3, 0.4) is 0 Å². The predicted octanol–water partition coefficient (Wildman–Crippen LogP) is 7.03. The molecule has 0 bridgehead atoms. The molecule has 7 heteroatoms. The summed E-state index contributed by atoms with van der Waals surface area (Å²) >= 11 is 9.71. The third-order valence-corrected chi connectivity index (χ3v) is 6.09. The van der Waals surface area contributed by atoms with Crippen molar-refractivity contribution >= 4 is 39.7 Å². The number of nitrogens with zero attached hydrogens (tertiary/aromatic N) is 2. The summed E-state index contributed by atoms with van der Waals surface area (Å²) in [5, 5.41) is 4.53. The number of hydrazone groups is 1. The Hall–Kier alpha value is -3.35. The average Bonchev–Trinajstić information content (AvgIpc) is 3.23. The number of nitrogens with one attached hydrogen (secondary N) is 1. The van der Waals surface area contributed by atoms with E-state index in [4.69, 9.17) is 16.3 Å². The molecular weight excluding hydrogens is 514 g/mol. The maximum Gasteiger partial charge on any atom is 0.271 e. The van der Waals surface area contributed by atoms with Crippen LogP contribution in [0.25, 0.3) is 16.9 Å². The van der Waals surface area contributed by atoms with Crippen LogP contribution in [-0.4, -0.2) is 23.3 Å². The van der Waals surface area contributed by atoms with Gasteiger partial charge in [-0.15, -0.1) is 0 Å². The van der Waals surface area contributed by atoms with Gasteiger partial charge in [0.05, 0.1) is 28.0 Å². The molecule has 0 saturated carbocycles. The van der Waals surface area contributed by atoms with E-state index in [0.717, 1.165) is 32.7 Å². The first-order valence-electron chi connectivity index (χ1n) is 10.8. The fourth-order valence-corrected chi connectivity index (χ4v) is 4.63. The van der Waals surface area contributed by atoms with Crippen molar-refractivity contribution in [3.63, 3.8) is 0 Å². The topological polar surface area (TPSA) is 55.6 Å². The molecule has 3 aromatic carbocycles. The molecule has 34 heavy (non-hydrogen) atoms. The Morgan fingerprint density at radius 2 is 1.82 bits per heavy atom. The minimum Gasteiger partial charge on any atom is -0.491 e. The molecular formula is C27H23BrClN3O2. The first-order valence-corrected chi connectivity index (χ1v) is 11.9. The maximum absolute atomic E-state index is 12.6. The number of halogens is 2. The highest BCUT2D eigenvalue weighted by atomic mass is 79.9. The zero-order valence-electron chi connectivity index (χ0n) is 18.8. The van der Waals surface area contributed by atoms with Crippen LogP contribution < -0.4 is 10.2 Å². The second-order valence-corrected chi connectivity index (χ2v) is 8.82. The molecule has 0 fully saturated rings. The summed E-state index contributed by atoms with van der Waals surface area (Å²) in [4.78, 5) is 12.6. The van der Waals surface area contributed by atoms with Gasteiger partial charge < -0.3 is 9.30 Å². The minimum absolute atomic E-state index is 0.300. The average molecular weight is 537 g/mol. The lowest BCUT2D eigenvalue weighted by atomic mass is 10.1. The van der Waals surface area contributed by atoms with Crippen LogP contribution in [0.5, 0.6) is 5.75 Å². The molecule has 172 valence electrons. The molecule has 0 aliphatic heterocycles. The molecule has 0 aliphatic carbocycles. The van der Waals surface area contributed by atoms with Gasteiger partial charge in [0.15, 0.2) is 5.75 Å². The van der Waals surface area contributed by atoms with E-state index >= 15 is 0 Å². The third-order valence-electron chi connectivity index (χ3n) is 5.22. The van der Waals surface area contributed by atoms with Gasteiger partial charge in [-0.25, -0.2) is 5.43 Å². The van der Waals surface area contributed by atoms with E-state index in [1.165, 1.54) is 6.21 Å². The van der Waals surface area contributed by atoms with Gasteiger partial charge in [-0.1, -0.05) is 41.9 Å². The summed E-state index contributed by atoms with van der Waals surface area (Å²) < 4.78 is 8.40. The number of hydrogen-bond donors (Lipinski definition) is 1. The summed E-state index contributed by atoms with van der Waals surface area (Å²) in [7, 11) is 0. The van der Waals surface area contributed by atoms with Crippen LogP contribution in [0.2, 0.25) is 5.02 Å². The van der Waals surface area contributed by atoms with E-state index < -0.39 is 0 Å². The van der Waals surface area contributed by atoms with Crippen molar-refractivity contribution < 1.29 is 9.53 Å². The van der Waals surface area contributed by atoms with Crippen molar-refractivity contribution in [2.75, 3.05) is 6.61 Å². The molecule has 1 heterocycles. The molecule has 1 N–H and O–H groups in total.